The topological polar surface area (TPSA) is 71.2 Å². The minimum absolute atomic E-state index is 0.0208. The molecule has 1 aliphatic heterocycles. The Balaban J connectivity index is 1.79. The predicted octanol–water partition coefficient (Wildman–Crippen LogP) is 4.40. The van der Waals surface area contributed by atoms with Crippen molar-refractivity contribution in [3.8, 4) is 21.8 Å². The first kappa shape index (κ1) is 18.0. The van der Waals surface area contributed by atoms with Gasteiger partial charge in [-0.1, -0.05) is 53.3 Å². The van der Waals surface area contributed by atoms with Crippen molar-refractivity contribution in [3.63, 3.8) is 0 Å². The number of aryl methyl sites for hydroxylation is 1. The molecule has 0 amide bonds. The van der Waals surface area contributed by atoms with Gasteiger partial charge in [-0.15, -0.1) is 0 Å². The fourth-order valence-electron chi connectivity index (χ4n) is 3.29. The third-order valence-corrected chi connectivity index (χ3v) is 6.13. The smallest absolute Gasteiger partial charge is 0.305 e. The number of hydrogen-bond acceptors (Lipinski definition) is 5. The average Bonchev–Trinajstić information content (AvgIpc) is 3.40. The maximum absolute atomic E-state index is 11.1. The second-order valence-corrected chi connectivity index (χ2v) is 7.79. The molecule has 0 atom stereocenters. The van der Waals surface area contributed by atoms with Gasteiger partial charge in [-0.2, -0.15) is 0 Å². The Hall–Kier alpha value is -2.38. The van der Waals surface area contributed by atoms with Crippen molar-refractivity contribution in [1.82, 2.24) is 14.5 Å². The van der Waals surface area contributed by atoms with Gasteiger partial charge in [0.15, 0.2) is 10.3 Å². The van der Waals surface area contributed by atoms with Crippen LogP contribution in [0.15, 0.2) is 36.7 Å². The molecule has 6 nitrogen and oxygen atoms in total. The van der Waals surface area contributed by atoms with Gasteiger partial charge in [0.1, 0.15) is 0 Å². The summed E-state index contributed by atoms with van der Waals surface area (Å²) in [5.74, 6) is -0.843. The molecule has 4 rings (SSSR count). The largest absolute Gasteiger partial charge is 0.481 e. The van der Waals surface area contributed by atoms with Gasteiger partial charge in [0, 0.05) is 25.2 Å². The van der Waals surface area contributed by atoms with E-state index < -0.39 is 5.97 Å². The van der Waals surface area contributed by atoms with Crippen molar-refractivity contribution in [2.75, 3.05) is 18.0 Å². The first-order valence-corrected chi connectivity index (χ1v) is 10.1. The lowest BCUT2D eigenvalue weighted by molar-refractivity contribution is -0.137. The Bertz CT molecular complexity index is 948. The van der Waals surface area contributed by atoms with Crippen LogP contribution >= 0.6 is 22.9 Å². The molecule has 140 valence electrons. The van der Waals surface area contributed by atoms with Crippen molar-refractivity contribution in [1.29, 1.82) is 0 Å². The Morgan fingerprint density at radius 1 is 1.22 bits per heavy atom. The fourth-order valence-corrected chi connectivity index (χ4v) is 4.70. The van der Waals surface area contributed by atoms with Gasteiger partial charge in [0.2, 0.25) is 0 Å². The summed E-state index contributed by atoms with van der Waals surface area (Å²) in [6.07, 6.45) is 4.04. The lowest BCUT2D eigenvalue weighted by Crippen LogP contribution is -2.16. The molecule has 1 N–H and O–H groups in total. The van der Waals surface area contributed by atoms with Crippen molar-refractivity contribution in [2.45, 2.75) is 25.8 Å². The van der Waals surface area contributed by atoms with Crippen LogP contribution in [0.5, 0.6) is 0 Å². The van der Waals surface area contributed by atoms with E-state index in [1.54, 1.807) is 17.7 Å². The predicted molar refractivity (Wildman–Crippen MR) is 107 cm³/mol. The van der Waals surface area contributed by atoms with Gasteiger partial charge in [0.25, 0.3) is 0 Å². The zero-order chi connectivity index (χ0) is 18.8. The number of nitrogens with zero attached hydrogens (tertiary/aromatic N) is 4. The Kier molecular flexibility index (Phi) is 5.13. The van der Waals surface area contributed by atoms with Crippen LogP contribution in [0.25, 0.3) is 21.8 Å². The quantitative estimate of drug-likeness (QED) is 0.661. The van der Waals surface area contributed by atoms with E-state index in [9.17, 15) is 4.79 Å². The normalized spacial score (nSPS) is 14.0. The molecule has 0 bridgehead atoms. The van der Waals surface area contributed by atoms with Crippen molar-refractivity contribution in [2.24, 2.45) is 0 Å². The summed E-state index contributed by atoms with van der Waals surface area (Å²) in [5, 5.41) is 10.4. The molecule has 1 saturated heterocycles. The highest BCUT2D eigenvalue weighted by atomic mass is 35.5. The van der Waals surface area contributed by atoms with Crippen LogP contribution in [-0.4, -0.2) is 38.7 Å². The van der Waals surface area contributed by atoms with E-state index in [2.05, 4.69) is 14.9 Å². The number of benzene rings is 1. The number of halogens is 1. The van der Waals surface area contributed by atoms with Crippen LogP contribution in [0.1, 0.15) is 19.3 Å². The Morgan fingerprint density at radius 2 is 1.96 bits per heavy atom. The molecule has 0 spiro atoms. The molecule has 0 radical (unpaired) electrons. The number of imidazole rings is 1. The zero-order valence-electron chi connectivity index (χ0n) is 14.6. The minimum Gasteiger partial charge on any atom is -0.481 e. The van der Waals surface area contributed by atoms with E-state index in [-0.39, 0.29) is 6.42 Å². The third-order valence-electron chi connectivity index (χ3n) is 4.62. The highest BCUT2D eigenvalue weighted by Crippen LogP contribution is 2.42. The zero-order valence-corrected chi connectivity index (χ0v) is 16.2. The highest BCUT2D eigenvalue weighted by molar-refractivity contribution is 7.19. The number of carbonyl (C=O) groups is 1. The lowest BCUT2D eigenvalue weighted by atomic mass is 10.1. The second-order valence-electron chi connectivity index (χ2n) is 6.46. The summed E-state index contributed by atoms with van der Waals surface area (Å²) in [6, 6.07) is 9.85. The summed E-state index contributed by atoms with van der Waals surface area (Å²) in [5.41, 5.74) is 2.59. The SMILES string of the molecule is O=C(O)CCn1cnc(-c2ccccc2)c1-c1sc(N2CCCC2)nc1Cl. The van der Waals surface area contributed by atoms with E-state index in [1.807, 2.05) is 34.9 Å². The molecular weight excluding hydrogens is 384 g/mol. The Morgan fingerprint density at radius 3 is 2.67 bits per heavy atom. The summed E-state index contributed by atoms with van der Waals surface area (Å²) in [6.45, 7) is 2.32. The molecule has 3 aromatic rings. The molecule has 0 unspecified atom stereocenters. The Labute approximate surface area is 166 Å². The first-order valence-electron chi connectivity index (χ1n) is 8.87. The summed E-state index contributed by atoms with van der Waals surface area (Å²) in [7, 11) is 0. The van der Waals surface area contributed by atoms with E-state index in [4.69, 9.17) is 16.7 Å². The van der Waals surface area contributed by atoms with Gasteiger partial charge >= 0.3 is 5.97 Å². The maximum atomic E-state index is 11.1. The fraction of sp³-hybridized carbons (Fsp3) is 0.316. The van der Waals surface area contributed by atoms with Crippen molar-refractivity contribution < 1.29 is 9.90 Å². The van der Waals surface area contributed by atoms with E-state index in [1.165, 1.54) is 12.8 Å². The number of anilines is 1. The monoisotopic (exact) mass is 402 g/mol. The van der Waals surface area contributed by atoms with Gasteiger partial charge in [-0.05, 0) is 12.8 Å². The molecule has 0 saturated carbocycles. The molecule has 1 aliphatic rings. The van der Waals surface area contributed by atoms with Crippen LogP contribution in [0, 0.1) is 0 Å². The number of aliphatic carboxylic acids is 1. The number of rotatable bonds is 6. The van der Waals surface area contributed by atoms with E-state index in [0.29, 0.717) is 11.7 Å². The van der Waals surface area contributed by atoms with Gasteiger partial charge in [-0.25, -0.2) is 9.97 Å². The molecule has 0 aliphatic carbocycles. The summed E-state index contributed by atoms with van der Waals surface area (Å²) >= 11 is 8.07. The van der Waals surface area contributed by atoms with E-state index >= 15 is 0 Å². The number of hydrogen-bond donors (Lipinski definition) is 1. The van der Waals surface area contributed by atoms with Crippen LogP contribution in [-0.2, 0) is 11.3 Å². The van der Waals surface area contributed by atoms with Crippen molar-refractivity contribution >= 4 is 34.0 Å². The number of thiazole rings is 1. The molecule has 8 heteroatoms. The number of aromatic nitrogens is 3. The van der Waals surface area contributed by atoms with Crippen LogP contribution in [0.3, 0.4) is 0 Å². The summed E-state index contributed by atoms with van der Waals surface area (Å²) in [4.78, 5) is 23.3. The maximum Gasteiger partial charge on any atom is 0.305 e. The van der Waals surface area contributed by atoms with E-state index in [0.717, 1.165) is 40.0 Å². The van der Waals surface area contributed by atoms with Crippen LogP contribution in [0.2, 0.25) is 5.15 Å². The molecule has 2 aromatic heterocycles. The molecule has 27 heavy (non-hydrogen) atoms. The minimum atomic E-state index is -0.843. The van der Waals surface area contributed by atoms with Gasteiger partial charge in [0.05, 0.1) is 29.0 Å². The number of carboxylic acid groups (broad SMARTS) is 1. The van der Waals surface area contributed by atoms with Crippen molar-refractivity contribution in [3.05, 3.63) is 41.8 Å². The summed E-state index contributed by atoms with van der Waals surface area (Å²) < 4.78 is 1.86. The highest BCUT2D eigenvalue weighted by Gasteiger charge is 2.24. The van der Waals surface area contributed by atoms with Gasteiger partial charge < -0.3 is 14.6 Å². The van der Waals surface area contributed by atoms with Crippen LogP contribution in [0.4, 0.5) is 5.13 Å². The molecular formula is C19H19ClN4O2S. The molecule has 3 heterocycles. The van der Waals surface area contributed by atoms with Crippen LogP contribution < -0.4 is 4.90 Å². The van der Waals surface area contributed by atoms with Gasteiger partial charge in [-0.3, -0.25) is 4.79 Å². The first-order chi connectivity index (χ1) is 13.1. The lowest BCUT2D eigenvalue weighted by Gasteiger charge is -2.12. The number of carboxylic acids is 1. The molecule has 1 fully saturated rings. The average molecular weight is 403 g/mol. The second kappa shape index (κ2) is 7.70. The molecule has 1 aromatic carbocycles. The third kappa shape index (κ3) is 3.70. The standard InChI is InChI=1S/C19H19ClN4O2S/c20-18-17(27-19(22-18)23-9-4-5-10-23)16-15(13-6-2-1-3-7-13)21-12-24(16)11-8-14(25)26/h1-3,6-7,12H,4-5,8-11H2,(H,25,26).